The van der Waals surface area contributed by atoms with Crippen LogP contribution in [0.4, 0.5) is 0 Å². The number of hydrogen-bond donors (Lipinski definition) is 0. The summed E-state index contributed by atoms with van der Waals surface area (Å²) in [6.45, 7) is 8.61. The molecule has 0 amide bonds. The van der Waals surface area contributed by atoms with E-state index in [4.69, 9.17) is 0 Å². The molecule has 0 N–H and O–H groups in total. The minimum Gasteiger partial charge on any atom is -0.300 e. The molecule has 0 aromatic heterocycles. The molecular weight excluding hydrogens is 512 g/mol. The third-order valence-electron chi connectivity index (χ3n) is 9.87. The van der Waals surface area contributed by atoms with Crippen molar-refractivity contribution < 1.29 is 9.59 Å². The zero-order valence-corrected chi connectivity index (χ0v) is 29.6. The van der Waals surface area contributed by atoms with E-state index in [1.165, 1.54) is 167 Å². The zero-order valence-electron chi connectivity index (χ0n) is 29.6. The first-order valence-corrected chi connectivity index (χ1v) is 19.6. The molecule has 0 spiro atoms. The predicted octanol–water partition coefficient (Wildman–Crippen LogP) is 13.9. The minimum atomic E-state index is 0.437. The summed E-state index contributed by atoms with van der Waals surface area (Å²) in [7, 11) is 0. The first-order chi connectivity index (χ1) is 20.6. The van der Waals surface area contributed by atoms with Crippen molar-refractivity contribution in [2.24, 2.45) is 11.8 Å². The average Bonchev–Trinajstić information content (AvgIpc) is 3.00. The van der Waals surface area contributed by atoms with E-state index < -0.39 is 0 Å². The normalized spacial score (nSPS) is 13.0. The maximum Gasteiger partial charge on any atom is 0.132 e. The van der Waals surface area contributed by atoms with Gasteiger partial charge in [0.05, 0.1) is 0 Å². The number of hydrogen-bond acceptors (Lipinski definition) is 2. The molecule has 2 heteroatoms. The smallest absolute Gasteiger partial charge is 0.132 e. The van der Waals surface area contributed by atoms with Gasteiger partial charge in [-0.15, -0.1) is 0 Å². The first kappa shape index (κ1) is 41.3. The van der Waals surface area contributed by atoms with Gasteiger partial charge in [0, 0.05) is 25.7 Å². The maximum absolute atomic E-state index is 11.6. The van der Waals surface area contributed by atoms with E-state index in [2.05, 4.69) is 13.8 Å². The fraction of sp³-hybridized carbons (Fsp3) is 0.950. The molecule has 2 unspecified atom stereocenters. The van der Waals surface area contributed by atoms with Crippen LogP contribution in [-0.4, -0.2) is 11.6 Å². The second kappa shape index (κ2) is 33.2. The van der Waals surface area contributed by atoms with Gasteiger partial charge in [0.2, 0.25) is 0 Å². The number of rotatable bonds is 35. The van der Waals surface area contributed by atoms with Crippen LogP contribution in [0, 0.1) is 11.8 Å². The molecule has 0 aliphatic carbocycles. The van der Waals surface area contributed by atoms with E-state index >= 15 is 0 Å². The Morgan fingerprint density at radius 2 is 0.571 bits per heavy atom. The van der Waals surface area contributed by atoms with Crippen LogP contribution in [0.2, 0.25) is 0 Å². The SMILES string of the molecule is CCCCCCCCCC(CCCCCCCC(=O)CC)C(CCCCCCCCC)CCCCCCCC(=O)CC. The molecule has 0 aliphatic heterocycles. The Kier molecular flexibility index (Phi) is 32.7. The third-order valence-corrected chi connectivity index (χ3v) is 9.87. The monoisotopic (exact) mass is 591 g/mol. The fourth-order valence-electron chi connectivity index (χ4n) is 6.83. The molecular formula is C40H78O2. The Hall–Kier alpha value is -0.660. The lowest BCUT2D eigenvalue weighted by Crippen LogP contribution is -2.16. The summed E-state index contributed by atoms with van der Waals surface area (Å²) in [4.78, 5) is 23.2. The van der Waals surface area contributed by atoms with Crippen molar-refractivity contribution >= 4 is 11.6 Å². The highest BCUT2D eigenvalue weighted by Gasteiger charge is 2.20. The lowest BCUT2D eigenvalue weighted by atomic mass is 9.78. The summed E-state index contributed by atoms with van der Waals surface area (Å²) in [6, 6.07) is 0. The molecule has 0 bridgehead atoms. The van der Waals surface area contributed by atoms with Crippen LogP contribution in [0.5, 0.6) is 0 Å². The lowest BCUT2D eigenvalue weighted by molar-refractivity contribution is -0.119. The van der Waals surface area contributed by atoms with Crippen LogP contribution in [-0.2, 0) is 9.59 Å². The Balaban J connectivity index is 4.82. The van der Waals surface area contributed by atoms with E-state index in [1.54, 1.807) is 0 Å². The van der Waals surface area contributed by atoms with Crippen molar-refractivity contribution in [3.8, 4) is 0 Å². The minimum absolute atomic E-state index is 0.437. The van der Waals surface area contributed by atoms with E-state index in [1.807, 2.05) is 13.8 Å². The summed E-state index contributed by atoms with van der Waals surface area (Å²) in [5.41, 5.74) is 0. The van der Waals surface area contributed by atoms with Gasteiger partial charge in [-0.05, 0) is 24.7 Å². The molecule has 0 saturated carbocycles. The van der Waals surface area contributed by atoms with Crippen LogP contribution in [0.3, 0.4) is 0 Å². The van der Waals surface area contributed by atoms with Crippen molar-refractivity contribution in [2.45, 2.75) is 233 Å². The number of ketones is 2. The first-order valence-electron chi connectivity index (χ1n) is 19.6. The summed E-state index contributed by atoms with van der Waals surface area (Å²) in [5, 5.41) is 0. The molecule has 250 valence electrons. The summed E-state index contributed by atoms with van der Waals surface area (Å²) >= 11 is 0. The Morgan fingerprint density at radius 3 is 0.833 bits per heavy atom. The van der Waals surface area contributed by atoms with Crippen LogP contribution in [0.15, 0.2) is 0 Å². The maximum atomic E-state index is 11.6. The molecule has 0 radical (unpaired) electrons. The number of carbonyl (C=O) groups is 2. The third kappa shape index (κ3) is 28.1. The molecule has 0 saturated heterocycles. The average molecular weight is 591 g/mol. The fourth-order valence-corrected chi connectivity index (χ4v) is 6.83. The lowest BCUT2D eigenvalue weighted by Gasteiger charge is -2.28. The summed E-state index contributed by atoms with van der Waals surface area (Å²) in [5.74, 6) is 2.72. The number of unbranched alkanes of at least 4 members (excludes halogenated alkanes) is 20. The Morgan fingerprint density at radius 1 is 0.333 bits per heavy atom. The molecule has 0 aromatic carbocycles. The van der Waals surface area contributed by atoms with E-state index in [0.29, 0.717) is 24.4 Å². The van der Waals surface area contributed by atoms with Gasteiger partial charge in [-0.3, -0.25) is 9.59 Å². The molecule has 2 atom stereocenters. The number of carbonyl (C=O) groups excluding carboxylic acids is 2. The molecule has 0 aromatic rings. The highest BCUT2D eigenvalue weighted by molar-refractivity contribution is 5.78. The van der Waals surface area contributed by atoms with Gasteiger partial charge in [-0.1, -0.05) is 195 Å². The van der Waals surface area contributed by atoms with Crippen LogP contribution in [0.1, 0.15) is 233 Å². The van der Waals surface area contributed by atoms with Crippen molar-refractivity contribution in [2.75, 3.05) is 0 Å². The van der Waals surface area contributed by atoms with Crippen molar-refractivity contribution in [3.05, 3.63) is 0 Å². The van der Waals surface area contributed by atoms with Gasteiger partial charge in [0.25, 0.3) is 0 Å². The van der Waals surface area contributed by atoms with Crippen molar-refractivity contribution in [1.82, 2.24) is 0 Å². The second-order valence-corrected chi connectivity index (χ2v) is 13.7. The van der Waals surface area contributed by atoms with Gasteiger partial charge in [-0.25, -0.2) is 0 Å². The van der Waals surface area contributed by atoms with Gasteiger partial charge in [0.1, 0.15) is 11.6 Å². The van der Waals surface area contributed by atoms with Crippen LogP contribution < -0.4 is 0 Å². The van der Waals surface area contributed by atoms with E-state index in [-0.39, 0.29) is 0 Å². The van der Waals surface area contributed by atoms with Crippen molar-refractivity contribution in [1.29, 1.82) is 0 Å². The van der Waals surface area contributed by atoms with Gasteiger partial charge < -0.3 is 0 Å². The standard InChI is InChI=1S/C40H78O2/c1-5-9-11-13-15-19-25-31-37(33-27-21-17-23-29-35-39(41)7-3)38(32-26-20-16-14-12-10-6-2)34-28-22-18-24-30-36-40(42)8-4/h37-38H,5-36H2,1-4H3. The molecule has 0 aliphatic rings. The van der Waals surface area contributed by atoms with Crippen molar-refractivity contribution in [3.63, 3.8) is 0 Å². The summed E-state index contributed by atoms with van der Waals surface area (Å²) < 4.78 is 0. The molecule has 0 heterocycles. The van der Waals surface area contributed by atoms with Crippen LogP contribution >= 0.6 is 0 Å². The van der Waals surface area contributed by atoms with E-state index in [0.717, 1.165) is 37.5 Å². The topological polar surface area (TPSA) is 34.1 Å². The largest absolute Gasteiger partial charge is 0.300 e. The molecule has 42 heavy (non-hydrogen) atoms. The van der Waals surface area contributed by atoms with Gasteiger partial charge in [0.15, 0.2) is 0 Å². The zero-order chi connectivity index (χ0) is 30.9. The Labute approximate surface area is 265 Å². The quantitative estimate of drug-likeness (QED) is 0.0688. The van der Waals surface area contributed by atoms with Gasteiger partial charge in [-0.2, -0.15) is 0 Å². The van der Waals surface area contributed by atoms with Crippen LogP contribution in [0.25, 0.3) is 0 Å². The Bertz CT molecular complexity index is 518. The van der Waals surface area contributed by atoms with E-state index in [9.17, 15) is 9.59 Å². The second-order valence-electron chi connectivity index (χ2n) is 13.7. The summed E-state index contributed by atoms with van der Waals surface area (Å²) in [6.07, 6.45) is 41.4. The van der Waals surface area contributed by atoms with Gasteiger partial charge >= 0.3 is 0 Å². The number of Topliss-reactive ketones (excluding diaryl/α,β-unsaturated/α-hetero) is 2. The highest BCUT2D eigenvalue weighted by Crippen LogP contribution is 2.34. The highest BCUT2D eigenvalue weighted by atomic mass is 16.1. The predicted molar refractivity (Wildman–Crippen MR) is 187 cm³/mol. The molecule has 0 rings (SSSR count). The molecule has 2 nitrogen and oxygen atoms in total. The molecule has 0 fully saturated rings.